The number of aromatic nitrogens is 1. The summed E-state index contributed by atoms with van der Waals surface area (Å²) in [5, 5.41) is 13.1. The quantitative estimate of drug-likeness (QED) is 0.869. The van der Waals surface area contributed by atoms with Crippen LogP contribution in [0.4, 0.5) is 0 Å². The minimum atomic E-state index is -0.279. The second kappa shape index (κ2) is 5.29. The Kier molecular flexibility index (Phi) is 3.55. The van der Waals surface area contributed by atoms with Crippen LogP contribution in [0, 0.1) is 11.3 Å². The maximum Gasteiger partial charge on any atom is 0.304 e. The second-order valence-corrected chi connectivity index (χ2v) is 4.39. The minimum Gasteiger partial charge on any atom is -0.346 e. The van der Waals surface area contributed by atoms with Crippen LogP contribution in [0.15, 0.2) is 34.4 Å². The number of H-pyrrole nitrogens is 1. The molecule has 0 saturated carbocycles. The number of carbonyl (C=O) groups excluding carboxylic acids is 1. The lowest BCUT2D eigenvalue weighted by Crippen LogP contribution is -2.23. The van der Waals surface area contributed by atoms with Crippen molar-refractivity contribution in [2.24, 2.45) is 0 Å². The smallest absolute Gasteiger partial charge is 0.304 e. The summed E-state index contributed by atoms with van der Waals surface area (Å²) in [5.41, 5.74) is 1.52. The summed E-state index contributed by atoms with van der Waals surface area (Å²) in [4.78, 5) is 25.1. The van der Waals surface area contributed by atoms with Crippen LogP contribution in [0.5, 0.6) is 0 Å². The summed E-state index contributed by atoms with van der Waals surface area (Å²) in [6, 6.07) is 8.41. The Labute approximate surface area is 107 Å². The van der Waals surface area contributed by atoms with E-state index in [1.807, 2.05) is 6.07 Å². The minimum absolute atomic E-state index is 0.147. The van der Waals surface area contributed by atoms with Gasteiger partial charge >= 0.3 is 4.87 Å². The van der Waals surface area contributed by atoms with Gasteiger partial charge in [-0.05, 0) is 18.2 Å². The Hall–Kier alpha value is -2.39. The third kappa shape index (κ3) is 2.84. The average molecular weight is 259 g/mol. The Bertz CT molecular complexity index is 666. The van der Waals surface area contributed by atoms with E-state index in [9.17, 15) is 9.59 Å². The Morgan fingerprint density at radius 2 is 2.33 bits per heavy atom. The van der Waals surface area contributed by atoms with E-state index in [-0.39, 0.29) is 17.3 Å². The SMILES string of the molecule is N#Cc1cccc(C(=O)NCc2csc(=O)[nH]2)c1. The third-order valence-corrected chi connectivity index (χ3v) is 2.98. The molecule has 1 heterocycles. The summed E-state index contributed by atoms with van der Waals surface area (Å²) in [7, 11) is 0. The predicted octanol–water partition coefficient (Wildman–Crippen LogP) is 1.24. The summed E-state index contributed by atoms with van der Waals surface area (Å²) < 4.78 is 0. The molecule has 6 heteroatoms. The molecule has 1 aromatic heterocycles. The normalized spacial score (nSPS) is 9.72. The van der Waals surface area contributed by atoms with Crippen molar-refractivity contribution in [3.8, 4) is 6.07 Å². The molecule has 1 amide bonds. The molecule has 0 aliphatic heterocycles. The molecule has 0 saturated heterocycles. The van der Waals surface area contributed by atoms with Crippen molar-refractivity contribution >= 4 is 17.2 Å². The Morgan fingerprint density at radius 3 is 3.00 bits per heavy atom. The molecule has 0 aliphatic carbocycles. The zero-order chi connectivity index (χ0) is 13.0. The highest BCUT2D eigenvalue weighted by atomic mass is 32.1. The fraction of sp³-hybridized carbons (Fsp3) is 0.0833. The number of nitrogens with zero attached hydrogens (tertiary/aromatic N) is 1. The maximum absolute atomic E-state index is 11.8. The van der Waals surface area contributed by atoms with Crippen molar-refractivity contribution < 1.29 is 4.79 Å². The zero-order valence-electron chi connectivity index (χ0n) is 9.27. The molecule has 0 aliphatic rings. The van der Waals surface area contributed by atoms with Crippen molar-refractivity contribution in [2.75, 3.05) is 0 Å². The Morgan fingerprint density at radius 1 is 1.50 bits per heavy atom. The molecule has 0 radical (unpaired) electrons. The van der Waals surface area contributed by atoms with E-state index in [4.69, 9.17) is 5.26 Å². The van der Waals surface area contributed by atoms with Gasteiger partial charge in [0.15, 0.2) is 0 Å². The molecule has 2 N–H and O–H groups in total. The maximum atomic E-state index is 11.8. The largest absolute Gasteiger partial charge is 0.346 e. The highest BCUT2D eigenvalue weighted by Crippen LogP contribution is 2.04. The highest BCUT2D eigenvalue weighted by molar-refractivity contribution is 7.07. The lowest BCUT2D eigenvalue weighted by atomic mass is 10.1. The van der Waals surface area contributed by atoms with Crippen LogP contribution in [-0.2, 0) is 6.54 Å². The summed E-state index contributed by atoms with van der Waals surface area (Å²) >= 11 is 1.05. The number of benzene rings is 1. The molecule has 5 nitrogen and oxygen atoms in total. The van der Waals surface area contributed by atoms with Gasteiger partial charge in [0.1, 0.15) is 0 Å². The molecule has 90 valence electrons. The van der Waals surface area contributed by atoms with E-state index >= 15 is 0 Å². The van der Waals surface area contributed by atoms with Crippen LogP contribution in [-0.4, -0.2) is 10.9 Å². The monoisotopic (exact) mass is 259 g/mol. The van der Waals surface area contributed by atoms with Gasteiger partial charge < -0.3 is 10.3 Å². The van der Waals surface area contributed by atoms with Gasteiger partial charge in [-0.25, -0.2) is 0 Å². The van der Waals surface area contributed by atoms with Gasteiger partial charge in [0, 0.05) is 16.6 Å². The molecule has 2 rings (SSSR count). The van der Waals surface area contributed by atoms with E-state index in [1.54, 1.807) is 23.6 Å². The van der Waals surface area contributed by atoms with Crippen molar-refractivity contribution in [3.63, 3.8) is 0 Å². The molecule has 18 heavy (non-hydrogen) atoms. The van der Waals surface area contributed by atoms with Crippen molar-refractivity contribution in [2.45, 2.75) is 6.54 Å². The lowest BCUT2D eigenvalue weighted by molar-refractivity contribution is 0.0950. The van der Waals surface area contributed by atoms with Crippen LogP contribution < -0.4 is 10.2 Å². The van der Waals surface area contributed by atoms with Gasteiger partial charge in [0.2, 0.25) is 0 Å². The predicted molar refractivity (Wildman–Crippen MR) is 67.3 cm³/mol. The number of nitriles is 1. The van der Waals surface area contributed by atoms with Crippen LogP contribution >= 0.6 is 11.3 Å². The number of amides is 1. The first-order valence-electron chi connectivity index (χ1n) is 5.14. The first-order chi connectivity index (χ1) is 8.69. The number of carbonyl (C=O) groups is 1. The van der Waals surface area contributed by atoms with Gasteiger partial charge in [-0.2, -0.15) is 5.26 Å². The number of aromatic amines is 1. The van der Waals surface area contributed by atoms with Gasteiger partial charge in [-0.3, -0.25) is 9.59 Å². The van der Waals surface area contributed by atoms with Crippen molar-refractivity contribution in [1.29, 1.82) is 5.26 Å². The topological polar surface area (TPSA) is 85.8 Å². The van der Waals surface area contributed by atoms with Crippen molar-refractivity contribution in [3.05, 3.63) is 56.1 Å². The molecule has 0 unspecified atom stereocenters. The van der Waals surface area contributed by atoms with E-state index < -0.39 is 0 Å². The van der Waals surface area contributed by atoms with Gasteiger partial charge in [0.05, 0.1) is 18.2 Å². The summed E-state index contributed by atoms with van der Waals surface area (Å²) in [6.45, 7) is 0.258. The number of thiazole rings is 1. The first-order valence-corrected chi connectivity index (χ1v) is 6.02. The second-order valence-electron chi connectivity index (χ2n) is 3.55. The number of rotatable bonds is 3. The number of nitrogens with one attached hydrogen (secondary N) is 2. The fourth-order valence-electron chi connectivity index (χ4n) is 1.41. The summed E-state index contributed by atoms with van der Waals surface area (Å²) in [5.74, 6) is -0.279. The molecule has 0 atom stereocenters. The third-order valence-electron chi connectivity index (χ3n) is 2.26. The van der Waals surface area contributed by atoms with Gasteiger partial charge in [0.25, 0.3) is 5.91 Å². The zero-order valence-corrected chi connectivity index (χ0v) is 10.1. The van der Waals surface area contributed by atoms with E-state index in [0.29, 0.717) is 16.8 Å². The van der Waals surface area contributed by atoms with E-state index in [1.165, 1.54) is 6.07 Å². The standard InChI is InChI=1S/C12H9N3O2S/c13-5-8-2-1-3-9(4-8)11(16)14-6-10-7-18-12(17)15-10/h1-4,7H,6H2,(H,14,16)(H,15,17). The molecule has 1 aromatic carbocycles. The highest BCUT2D eigenvalue weighted by Gasteiger charge is 2.06. The number of hydrogen-bond donors (Lipinski definition) is 2. The van der Waals surface area contributed by atoms with Gasteiger partial charge in [-0.1, -0.05) is 17.4 Å². The molecular weight excluding hydrogens is 250 g/mol. The average Bonchev–Trinajstić information content (AvgIpc) is 2.82. The van der Waals surface area contributed by atoms with Crippen LogP contribution in [0.1, 0.15) is 21.6 Å². The fourth-order valence-corrected chi connectivity index (χ4v) is 1.99. The molecule has 2 aromatic rings. The lowest BCUT2D eigenvalue weighted by Gasteiger charge is -2.03. The van der Waals surface area contributed by atoms with Crippen molar-refractivity contribution in [1.82, 2.24) is 10.3 Å². The molecule has 0 spiro atoms. The number of hydrogen-bond acceptors (Lipinski definition) is 4. The van der Waals surface area contributed by atoms with Crippen LogP contribution in [0.25, 0.3) is 0 Å². The van der Waals surface area contributed by atoms with E-state index in [2.05, 4.69) is 10.3 Å². The van der Waals surface area contributed by atoms with E-state index in [0.717, 1.165) is 11.3 Å². The molecular formula is C12H9N3O2S. The van der Waals surface area contributed by atoms with Gasteiger partial charge in [-0.15, -0.1) is 0 Å². The summed E-state index contributed by atoms with van der Waals surface area (Å²) in [6.07, 6.45) is 0. The molecule has 0 fully saturated rings. The van der Waals surface area contributed by atoms with Crippen LogP contribution in [0.3, 0.4) is 0 Å². The van der Waals surface area contributed by atoms with Crippen LogP contribution in [0.2, 0.25) is 0 Å². The first kappa shape index (κ1) is 12.1. The Balaban J connectivity index is 2.03. The molecule has 0 bridgehead atoms.